The molecule has 0 aliphatic rings. The summed E-state index contributed by atoms with van der Waals surface area (Å²) in [5.41, 5.74) is 8.07. The lowest BCUT2D eigenvalue weighted by atomic mass is 10.2. The van der Waals surface area contributed by atoms with Gasteiger partial charge in [0.05, 0.1) is 15.9 Å². The van der Waals surface area contributed by atoms with Gasteiger partial charge in [0.25, 0.3) is 0 Å². The summed E-state index contributed by atoms with van der Waals surface area (Å²) >= 11 is 3.54. The number of nitrogen functional groups attached to an aromatic ring is 1. The highest BCUT2D eigenvalue weighted by Gasteiger charge is 2.12. The fraction of sp³-hybridized carbons (Fsp3) is 0.286. The van der Waals surface area contributed by atoms with Crippen molar-refractivity contribution in [2.75, 3.05) is 0 Å². The Balaban J connectivity index is 2.16. The number of ether oxygens (including phenoxy) is 1. The lowest BCUT2D eigenvalue weighted by Gasteiger charge is -2.09. The molecule has 0 saturated carbocycles. The number of nitrogens with zero attached hydrogens (tertiary/aromatic N) is 2. The number of aryl methyl sites for hydroxylation is 2. The van der Waals surface area contributed by atoms with Gasteiger partial charge in [0.15, 0.2) is 0 Å². The predicted molar refractivity (Wildman–Crippen MR) is 82.1 cm³/mol. The smallest absolute Gasteiger partial charge is 0.131 e. The van der Waals surface area contributed by atoms with Gasteiger partial charge in [-0.25, -0.2) is 0 Å². The maximum absolute atomic E-state index is 7.43. The summed E-state index contributed by atoms with van der Waals surface area (Å²) < 4.78 is 8.66. The van der Waals surface area contributed by atoms with Crippen LogP contribution in [0.3, 0.4) is 0 Å². The van der Waals surface area contributed by atoms with E-state index in [4.69, 9.17) is 15.9 Å². The number of rotatable bonds is 5. The van der Waals surface area contributed by atoms with Gasteiger partial charge in [0, 0.05) is 12.1 Å². The molecule has 1 heterocycles. The van der Waals surface area contributed by atoms with E-state index in [1.54, 1.807) is 12.1 Å². The van der Waals surface area contributed by atoms with Crippen molar-refractivity contribution in [2.45, 2.75) is 27.0 Å². The third-order valence-electron chi connectivity index (χ3n) is 2.97. The second-order valence-electron chi connectivity index (χ2n) is 4.39. The first-order valence-corrected chi connectivity index (χ1v) is 7.11. The van der Waals surface area contributed by atoms with E-state index < -0.39 is 0 Å². The normalized spacial score (nSPS) is 10.6. The van der Waals surface area contributed by atoms with Gasteiger partial charge in [-0.3, -0.25) is 10.1 Å². The fourth-order valence-corrected chi connectivity index (χ4v) is 2.31. The topological polar surface area (TPSA) is 76.9 Å². The van der Waals surface area contributed by atoms with Crippen molar-refractivity contribution in [1.29, 1.82) is 5.41 Å². The van der Waals surface area contributed by atoms with Crippen molar-refractivity contribution in [3.05, 3.63) is 45.7 Å². The van der Waals surface area contributed by atoms with Gasteiger partial charge in [-0.05, 0) is 41.9 Å². The molecule has 1 aromatic carbocycles. The molecule has 2 aromatic rings. The van der Waals surface area contributed by atoms with E-state index in [9.17, 15) is 0 Å². The molecule has 3 N–H and O–H groups in total. The molecule has 5 nitrogen and oxygen atoms in total. The van der Waals surface area contributed by atoms with Crippen LogP contribution < -0.4 is 10.5 Å². The van der Waals surface area contributed by atoms with Crippen molar-refractivity contribution in [2.24, 2.45) is 5.73 Å². The molecule has 0 unspecified atom stereocenters. The predicted octanol–water partition coefficient (Wildman–Crippen LogP) is 2.84. The molecule has 2 rings (SSSR count). The fourth-order valence-electron chi connectivity index (χ4n) is 1.91. The van der Waals surface area contributed by atoms with E-state index in [0.29, 0.717) is 17.9 Å². The van der Waals surface area contributed by atoms with Gasteiger partial charge in [-0.2, -0.15) is 5.10 Å². The highest BCUT2D eigenvalue weighted by molar-refractivity contribution is 9.10. The minimum Gasteiger partial charge on any atom is -0.487 e. The van der Waals surface area contributed by atoms with Crippen LogP contribution in [0.5, 0.6) is 5.75 Å². The molecule has 0 fully saturated rings. The van der Waals surface area contributed by atoms with Crippen LogP contribution in [0.1, 0.15) is 23.9 Å². The number of nitrogens with one attached hydrogen (secondary N) is 1. The minimum atomic E-state index is 0.0334. The molecule has 0 spiro atoms. The number of hydrogen-bond acceptors (Lipinski definition) is 3. The molecule has 0 aliphatic heterocycles. The summed E-state index contributed by atoms with van der Waals surface area (Å²) in [6.07, 6.45) is 0. The zero-order valence-electron chi connectivity index (χ0n) is 11.5. The van der Waals surface area contributed by atoms with Crippen molar-refractivity contribution in [1.82, 2.24) is 9.78 Å². The monoisotopic (exact) mass is 336 g/mol. The largest absolute Gasteiger partial charge is 0.487 e. The summed E-state index contributed by atoms with van der Waals surface area (Å²) in [5.74, 6) is 0.720. The third-order valence-corrected chi connectivity index (χ3v) is 4.00. The highest BCUT2D eigenvalue weighted by Crippen LogP contribution is 2.23. The van der Waals surface area contributed by atoms with Gasteiger partial charge in [-0.1, -0.05) is 12.1 Å². The summed E-state index contributed by atoms with van der Waals surface area (Å²) in [5, 5.41) is 11.9. The lowest BCUT2D eigenvalue weighted by molar-refractivity contribution is 0.291. The molecule has 0 aliphatic carbocycles. The van der Waals surface area contributed by atoms with Gasteiger partial charge < -0.3 is 10.5 Å². The maximum Gasteiger partial charge on any atom is 0.131 e. The van der Waals surface area contributed by atoms with Crippen LogP contribution in [0.25, 0.3) is 0 Å². The second kappa shape index (κ2) is 6.09. The molecular weight excluding hydrogens is 320 g/mol. The first-order chi connectivity index (χ1) is 9.52. The zero-order valence-corrected chi connectivity index (χ0v) is 13.1. The molecular formula is C14H17BrN4O. The molecule has 1 aromatic heterocycles. The summed E-state index contributed by atoms with van der Waals surface area (Å²) in [7, 11) is 0. The van der Waals surface area contributed by atoms with Gasteiger partial charge in [0.2, 0.25) is 0 Å². The number of amidine groups is 1. The molecule has 0 amide bonds. The van der Waals surface area contributed by atoms with Crippen LogP contribution in [-0.4, -0.2) is 15.6 Å². The molecule has 0 atom stereocenters. The van der Waals surface area contributed by atoms with Crippen molar-refractivity contribution >= 4 is 21.8 Å². The molecule has 0 bridgehead atoms. The van der Waals surface area contributed by atoms with Crippen LogP contribution >= 0.6 is 15.9 Å². The highest BCUT2D eigenvalue weighted by atomic mass is 79.9. The maximum atomic E-state index is 7.43. The van der Waals surface area contributed by atoms with Crippen LogP contribution in [-0.2, 0) is 13.2 Å². The summed E-state index contributed by atoms with van der Waals surface area (Å²) in [6, 6.07) is 7.21. The van der Waals surface area contributed by atoms with Crippen LogP contribution in [0, 0.1) is 12.3 Å². The Hall–Kier alpha value is -1.82. The number of hydrogen-bond donors (Lipinski definition) is 2. The van der Waals surface area contributed by atoms with Crippen LogP contribution in [0.4, 0.5) is 0 Å². The summed E-state index contributed by atoms with van der Waals surface area (Å²) in [6.45, 7) is 5.20. The molecule has 0 radical (unpaired) electrons. The van der Waals surface area contributed by atoms with E-state index in [1.165, 1.54) is 0 Å². The first-order valence-electron chi connectivity index (χ1n) is 6.32. The van der Waals surface area contributed by atoms with Gasteiger partial charge in [0.1, 0.15) is 18.2 Å². The van der Waals surface area contributed by atoms with E-state index >= 15 is 0 Å². The summed E-state index contributed by atoms with van der Waals surface area (Å²) in [4.78, 5) is 0. The molecule has 106 valence electrons. The average molecular weight is 337 g/mol. The minimum absolute atomic E-state index is 0.0334. The molecule has 6 heteroatoms. The van der Waals surface area contributed by atoms with E-state index in [2.05, 4.69) is 21.0 Å². The lowest BCUT2D eigenvalue weighted by Crippen LogP contribution is -2.11. The Labute approximate surface area is 126 Å². The van der Waals surface area contributed by atoms with Crippen molar-refractivity contribution in [3.8, 4) is 5.75 Å². The van der Waals surface area contributed by atoms with Crippen LogP contribution in [0.15, 0.2) is 28.7 Å². The Morgan fingerprint density at radius 3 is 2.90 bits per heavy atom. The number of aromatic nitrogens is 2. The number of benzene rings is 1. The standard InChI is InChI=1S/C14H17BrN4O/c1-3-19-12(13(15)9(2)18-19)8-20-11-6-4-5-10(7-11)14(16)17/h4-7H,3,8H2,1-2H3,(H3,16,17). The SMILES string of the molecule is CCn1nc(C)c(Br)c1COc1cccc(C(=N)N)c1. The number of nitrogens with two attached hydrogens (primary N) is 1. The van der Waals surface area contributed by atoms with Crippen molar-refractivity contribution in [3.63, 3.8) is 0 Å². The Morgan fingerprint density at radius 2 is 2.25 bits per heavy atom. The zero-order chi connectivity index (χ0) is 14.7. The van der Waals surface area contributed by atoms with Gasteiger partial charge >= 0.3 is 0 Å². The van der Waals surface area contributed by atoms with E-state index in [0.717, 1.165) is 22.4 Å². The number of halogens is 1. The Morgan fingerprint density at radius 1 is 1.50 bits per heavy atom. The first kappa shape index (κ1) is 14.6. The Bertz CT molecular complexity index is 636. The Kier molecular flexibility index (Phi) is 4.44. The van der Waals surface area contributed by atoms with Crippen LogP contribution in [0.2, 0.25) is 0 Å². The average Bonchev–Trinajstić information content (AvgIpc) is 2.72. The van der Waals surface area contributed by atoms with E-state index in [-0.39, 0.29) is 5.84 Å². The van der Waals surface area contributed by atoms with E-state index in [1.807, 2.05) is 30.7 Å². The third kappa shape index (κ3) is 3.01. The molecule has 20 heavy (non-hydrogen) atoms. The van der Waals surface area contributed by atoms with Crippen molar-refractivity contribution < 1.29 is 4.74 Å². The molecule has 0 saturated heterocycles. The van der Waals surface area contributed by atoms with Gasteiger partial charge in [-0.15, -0.1) is 0 Å². The second-order valence-corrected chi connectivity index (χ2v) is 5.19. The quantitative estimate of drug-likeness (QED) is 0.651.